The van der Waals surface area contributed by atoms with Gasteiger partial charge >= 0.3 is 0 Å². The largest absolute Gasteiger partial charge is 0.379 e. The molecular weight excluding hydrogens is 292 g/mol. The molecule has 2 aromatic rings. The molecule has 1 unspecified atom stereocenters. The van der Waals surface area contributed by atoms with E-state index in [0.29, 0.717) is 31.3 Å². The zero-order valence-corrected chi connectivity index (χ0v) is 12.9. The molecule has 6 nitrogen and oxygen atoms in total. The van der Waals surface area contributed by atoms with Gasteiger partial charge in [-0.15, -0.1) is 0 Å². The highest BCUT2D eigenvalue weighted by Gasteiger charge is 2.41. The van der Waals surface area contributed by atoms with Crippen molar-refractivity contribution in [2.24, 2.45) is 0 Å². The molecule has 3 heterocycles. The zero-order valence-electron chi connectivity index (χ0n) is 12.9. The average molecular weight is 310 g/mol. The third kappa shape index (κ3) is 2.41. The Morgan fingerprint density at radius 2 is 2.13 bits per heavy atom. The minimum atomic E-state index is -0.821. The predicted molar refractivity (Wildman–Crippen MR) is 81.5 cm³/mol. The van der Waals surface area contributed by atoms with Gasteiger partial charge in [-0.3, -0.25) is 4.98 Å². The Kier molecular flexibility index (Phi) is 3.58. The first kappa shape index (κ1) is 14.3. The summed E-state index contributed by atoms with van der Waals surface area (Å²) in [6.45, 7) is 0.990. The van der Waals surface area contributed by atoms with Crippen LogP contribution in [0.3, 0.4) is 0 Å². The van der Waals surface area contributed by atoms with Crippen molar-refractivity contribution in [3.05, 3.63) is 29.3 Å². The second kappa shape index (κ2) is 5.74. The molecule has 0 amide bonds. The standard InChI is InChI=1S/C17H18N4O2/c18-10-17(7-3-9-22-11-17)16-20-15(21-23-16)14-13-5-2-1-4-12(13)6-8-19-14/h6,8H,1-5,7,9,11H2. The smallest absolute Gasteiger partial charge is 0.249 e. The number of hydrogen-bond acceptors (Lipinski definition) is 6. The molecule has 4 rings (SSSR count). The summed E-state index contributed by atoms with van der Waals surface area (Å²) in [6.07, 6.45) is 7.75. The number of aryl methyl sites for hydroxylation is 1. The van der Waals surface area contributed by atoms with Crippen molar-refractivity contribution in [3.63, 3.8) is 0 Å². The van der Waals surface area contributed by atoms with Crippen LogP contribution in [0, 0.1) is 11.3 Å². The molecule has 0 radical (unpaired) electrons. The third-order valence-corrected chi connectivity index (χ3v) is 4.78. The van der Waals surface area contributed by atoms with E-state index < -0.39 is 5.41 Å². The number of nitriles is 1. The normalized spacial score (nSPS) is 24.0. The van der Waals surface area contributed by atoms with Crippen LogP contribution in [0.5, 0.6) is 0 Å². The minimum Gasteiger partial charge on any atom is -0.379 e. The third-order valence-electron chi connectivity index (χ3n) is 4.78. The lowest BCUT2D eigenvalue weighted by atomic mass is 9.84. The Bertz CT molecular complexity index is 756. The van der Waals surface area contributed by atoms with Crippen LogP contribution >= 0.6 is 0 Å². The zero-order chi connectivity index (χ0) is 15.7. The Hall–Kier alpha value is -2.26. The van der Waals surface area contributed by atoms with Gasteiger partial charge in [0.1, 0.15) is 5.69 Å². The van der Waals surface area contributed by atoms with E-state index >= 15 is 0 Å². The van der Waals surface area contributed by atoms with Crippen LogP contribution in [0.1, 0.15) is 42.7 Å². The second-order valence-electron chi connectivity index (χ2n) is 6.28. The Morgan fingerprint density at radius 1 is 1.22 bits per heavy atom. The summed E-state index contributed by atoms with van der Waals surface area (Å²) in [5.74, 6) is 0.837. The van der Waals surface area contributed by atoms with Crippen LogP contribution in [0.15, 0.2) is 16.8 Å². The van der Waals surface area contributed by atoms with E-state index in [1.807, 2.05) is 0 Å². The topological polar surface area (TPSA) is 84.8 Å². The van der Waals surface area contributed by atoms with Gasteiger partial charge in [-0.1, -0.05) is 5.16 Å². The van der Waals surface area contributed by atoms with Crippen LogP contribution < -0.4 is 0 Å². The molecule has 2 aromatic heterocycles. The summed E-state index contributed by atoms with van der Waals surface area (Å²) in [5.41, 5.74) is 2.51. The summed E-state index contributed by atoms with van der Waals surface area (Å²) in [4.78, 5) is 8.98. The number of fused-ring (bicyclic) bond motifs is 1. The number of rotatable bonds is 2. The maximum absolute atomic E-state index is 9.59. The van der Waals surface area contributed by atoms with E-state index in [1.54, 1.807) is 6.20 Å². The van der Waals surface area contributed by atoms with E-state index in [2.05, 4.69) is 27.3 Å². The molecule has 118 valence electrons. The van der Waals surface area contributed by atoms with Gasteiger partial charge < -0.3 is 9.26 Å². The molecule has 2 aliphatic rings. The van der Waals surface area contributed by atoms with Crippen molar-refractivity contribution in [3.8, 4) is 17.6 Å². The minimum absolute atomic E-state index is 0.311. The van der Waals surface area contributed by atoms with Gasteiger partial charge in [0.2, 0.25) is 11.7 Å². The van der Waals surface area contributed by atoms with E-state index in [0.717, 1.165) is 31.4 Å². The number of pyridine rings is 1. The molecule has 1 atom stereocenters. The molecule has 0 bridgehead atoms. The molecular formula is C17H18N4O2. The first-order chi connectivity index (χ1) is 11.3. The van der Waals surface area contributed by atoms with Crippen molar-refractivity contribution < 1.29 is 9.26 Å². The number of hydrogen-bond donors (Lipinski definition) is 0. The highest BCUT2D eigenvalue weighted by molar-refractivity contribution is 5.57. The van der Waals surface area contributed by atoms with E-state index in [-0.39, 0.29) is 0 Å². The summed E-state index contributed by atoms with van der Waals surface area (Å²) < 4.78 is 10.9. The van der Waals surface area contributed by atoms with Crippen molar-refractivity contribution in [2.75, 3.05) is 13.2 Å². The van der Waals surface area contributed by atoms with Crippen LogP contribution in [0.4, 0.5) is 0 Å². The molecule has 0 N–H and O–H groups in total. The van der Waals surface area contributed by atoms with Gasteiger partial charge in [-0.2, -0.15) is 10.2 Å². The number of nitrogens with zero attached hydrogens (tertiary/aromatic N) is 4. The summed E-state index contributed by atoms with van der Waals surface area (Å²) >= 11 is 0. The van der Waals surface area contributed by atoms with Gasteiger partial charge in [-0.05, 0) is 55.7 Å². The Labute approximate surface area is 134 Å². The van der Waals surface area contributed by atoms with Gasteiger partial charge in [0.05, 0.1) is 12.7 Å². The molecule has 23 heavy (non-hydrogen) atoms. The van der Waals surface area contributed by atoms with Gasteiger partial charge in [0.15, 0.2) is 5.41 Å². The first-order valence-corrected chi connectivity index (χ1v) is 8.13. The lowest BCUT2D eigenvalue weighted by molar-refractivity contribution is 0.0438. The first-order valence-electron chi connectivity index (χ1n) is 8.13. The van der Waals surface area contributed by atoms with E-state index in [4.69, 9.17) is 9.26 Å². The maximum Gasteiger partial charge on any atom is 0.249 e. The van der Waals surface area contributed by atoms with Crippen molar-refractivity contribution in [1.82, 2.24) is 15.1 Å². The lowest BCUT2D eigenvalue weighted by Crippen LogP contribution is -2.35. The van der Waals surface area contributed by atoms with Crippen LogP contribution in [-0.2, 0) is 23.0 Å². The molecule has 1 aliphatic heterocycles. The molecule has 0 aromatic carbocycles. The summed E-state index contributed by atoms with van der Waals surface area (Å²) in [5, 5.41) is 13.7. The quantitative estimate of drug-likeness (QED) is 0.847. The Morgan fingerprint density at radius 3 is 2.96 bits per heavy atom. The second-order valence-corrected chi connectivity index (χ2v) is 6.28. The highest BCUT2D eigenvalue weighted by atomic mass is 16.5. The van der Waals surface area contributed by atoms with Crippen LogP contribution in [-0.4, -0.2) is 28.3 Å². The fourth-order valence-electron chi connectivity index (χ4n) is 3.47. The Balaban J connectivity index is 1.73. The molecule has 0 spiro atoms. The SMILES string of the molecule is N#CC1(c2nc(-c3nccc4c3CCCC4)no2)CCCOC1. The van der Waals surface area contributed by atoms with Gasteiger partial charge in [0, 0.05) is 12.8 Å². The van der Waals surface area contributed by atoms with E-state index in [1.165, 1.54) is 17.5 Å². The van der Waals surface area contributed by atoms with Crippen LogP contribution in [0.25, 0.3) is 11.5 Å². The molecule has 6 heteroatoms. The predicted octanol–water partition coefficient (Wildman–Crippen LogP) is 2.58. The number of aromatic nitrogens is 3. The van der Waals surface area contributed by atoms with Crippen molar-refractivity contribution in [2.45, 2.75) is 43.9 Å². The molecule has 1 fully saturated rings. The lowest BCUT2D eigenvalue weighted by Gasteiger charge is -2.26. The molecule has 0 saturated carbocycles. The van der Waals surface area contributed by atoms with Crippen molar-refractivity contribution >= 4 is 0 Å². The highest BCUT2D eigenvalue weighted by Crippen LogP contribution is 2.34. The maximum atomic E-state index is 9.59. The fraction of sp³-hybridized carbons (Fsp3) is 0.529. The van der Waals surface area contributed by atoms with E-state index in [9.17, 15) is 5.26 Å². The summed E-state index contributed by atoms with van der Waals surface area (Å²) in [7, 11) is 0. The van der Waals surface area contributed by atoms with Crippen LogP contribution in [0.2, 0.25) is 0 Å². The molecule has 1 saturated heterocycles. The number of ether oxygens (including phenoxy) is 1. The summed E-state index contributed by atoms with van der Waals surface area (Å²) in [6, 6.07) is 4.39. The average Bonchev–Trinajstić information content (AvgIpc) is 3.12. The van der Waals surface area contributed by atoms with Crippen molar-refractivity contribution in [1.29, 1.82) is 5.26 Å². The fourth-order valence-corrected chi connectivity index (χ4v) is 3.47. The van der Waals surface area contributed by atoms with Gasteiger partial charge in [0.25, 0.3) is 0 Å². The van der Waals surface area contributed by atoms with Gasteiger partial charge in [-0.25, -0.2) is 0 Å². The monoisotopic (exact) mass is 310 g/mol. The molecule has 1 aliphatic carbocycles.